The van der Waals surface area contributed by atoms with Gasteiger partial charge in [-0.3, -0.25) is 9.36 Å². The zero-order valence-electron chi connectivity index (χ0n) is 20.0. The highest BCUT2D eigenvalue weighted by Crippen LogP contribution is 2.27. The number of imidazole rings is 1. The molecule has 0 aliphatic heterocycles. The minimum Gasteiger partial charge on any atom is -0.351 e. The Balaban J connectivity index is 1.59. The van der Waals surface area contributed by atoms with Gasteiger partial charge in [-0.25, -0.2) is 14.8 Å². The van der Waals surface area contributed by atoms with Crippen LogP contribution in [0, 0.1) is 0 Å². The molecule has 4 rings (SSSR count). The van der Waals surface area contributed by atoms with E-state index in [1.807, 2.05) is 49.3 Å². The molecular formula is C26H30N6O2. The second-order valence-electron chi connectivity index (χ2n) is 8.95. The molecule has 0 spiro atoms. The number of hydrogen-bond donors (Lipinski definition) is 2. The van der Waals surface area contributed by atoms with Crippen LogP contribution in [0.25, 0.3) is 22.6 Å². The number of nitrogens with zero attached hydrogens (tertiary/aromatic N) is 4. The average Bonchev–Trinajstić information content (AvgIpc) is 3.13. The predicted molar refractivity (Wildman–Crippen MR) is 134 cm³/mol. The van der Waals surface area contributed by atoms with Gasteiger partial charge in [0.2, 0.25) is 0 Å². The van der Waals surface area contributed by atoms with Crippen LogP contribution in [0.15, 0.2) is 59.5 Å². The van der Waals surface area contributed by atoms with Gasteiger partial charge >= 0.3 is 5.69 Å². The highest BCUT2D eigenvalue weighted by Gasteiger charge is 2.15. The summed E-state index contributed by atoms with van der Waals surface area (Å²) in [6.07, 6.45) is 1.66. The quantitative estimate of drug-likeness (QED) is 0.423. The molecule has 8 nitrogen and oxygen atoms in total. The summed E-state index contributed by atoms with van der Waals surface area (Å²) < 4.78 is 1.60. The number of fused-ring (bicyclic) bond motifs is 1. The van der Waals surface area contributed by atoms with Gasteiger partial charge in [-0.2, -0.15) is 0 Å². The minimum atomic E-state index is -0.246. The number of carbonyl (C=O) groups is 1. The van der Waals surface area contributed by atoms with Gasteiger partial charge in [0.05, 0.1) is 12.7 Å². The van der Waals surface area contributed by atoms with E-state index in [0.29, 0.717) is 41.6 Å². The van der Waals surface area contributed by atoms with Crippen molar-refractivity contribution in [3.05, 3.63) is 81.9 Å². The van der Waals surface area contributed by atoms with Crippen molar-refractivity contribution >= 4 is 17.1 Å². The van der Waals surface area contributed by atoms with Crippen molar-refractivity contribution in [3.63, 3.8) is 0 Å². The molecular weight excluding hydrogens is 428 g/mol. The van der Waals surface area contributed by atoms with Crippen LogP contribution in [-0.2, 0) is 6.54 Å². The number of benzene rings is 2. The first-order valence-electron chi connectivity index (χ1n) is 11.4. The predicted octanol–water partition coefficient (Wildman–Crippen LogP) is 3.25. The van der Waals surface area contributed by atoms with Crippen molar-refractivity contribution in [2.24, 2.45) is 0 Å². The number of aromatic amines is 1. The first-order chi connectivity index (χ1) is 16.3. The highest BCUT2D eigenvalue weighted by atomic mass is 16.2. The van der Waals surface area contributed by atoms with E-state index in [4.69, 9.17) is 4.98 Å². The summed E-state index contributed by atoms with van der Waals surface area (Å²) >= 11 is 0. The first-order valence-corrected chi connectivity index (χ1v) is 11.4. The Labute approximate surface area is 198 Å². The average molecular weight is 459 g/mol. The smallest absolute Gasteiger partial charge is 0.328 e. The van der Waals surface area contributed by atoms with E-state index in [1.165, 1.54) is 0 Å². The fourth-order valence-corrected chi connectivity index (χ4v) is 3.87. The number of nitrogens with one attached hydrogen (secondary N) is 2. The Morgan fingerprint density at radius 2 is 1.85 bits per heavy atom. The molecule has 2 aromatic carbocycles. The minimum absolute atomic E-state index is 0.112. The van der Waals surface area contributed by atoms with Crippen LogP contribution in [0.4, 0.5) is 0 Å². The normalized spacial score (nSPS) is 11.5. The third kappa shape index (κ3) is 5.07. The molecule has 0 saturated carbocycles. The Hall–Kier alpha value is -3.78. The van der Waals surface area contributed by atoms with Crippen molar-refractivity contribution < 1.29 is 4.79 Å². The molecule has 0 fully saturated rings. The summed E-state index contributed by atoms with van der Waals surface area (Å²) in [4.78, 5) is 39.1. The molecule has 8 heteroatoms. The fraction of sp³-hybridized carbons (Fsp3) is 0.308. The Morgan fingerprint density at radius 1 is 1.12 bits per heavy atom. The van der Waals surface area contributed by atoms with E-state index in [1.54, 1.807) is 22.9 Å². The van der Waals surface area contributed by atoms with Crippen LogP contribution in [0.1, 0.15) is 41.3 Å². The monoisotopic (exact) mass is 458 g/mol. The van der Waals surface area contributed by atoms with Gasteiger partial charge in [0.25, 0.3) is 5.91 Å². The van der Waals surface area contributed by atoms with Crippen LogP contribution in [-0.4, -0.2) is 57.5 Å². The molecule has 2 N–H and O–H groups in total. The Bertz CT molecular complexity index is 1350. The summed E-state index contributed by atoms with van der Waals surface area (Å²) in [5.74, 6) is 0.802. The molecule has 176 valence electrons. The number of likely N-dealkylation sites (N-methyl/N-ethyl adjacent to an activating group) is 1. The Kier molecular flexibility index (Phi) is 6.88. The van der Waals surface area contributed by atoms with Gasteiger partial charge in [-0.1, -0.05) is 50.2 Å². The molecule has 2 aromatic heterocycles. The lowest BCUT2D eigenvalue weighted by Gasteiger charge is -2.12. The van der Waals surface area contributed by atoms with Gasteiger partial charge in [0.15, 0.2) is 11.5 Å². The summed E-state index contributed by atoms with van der Waals surface area (Å²) in [5.41, 5.74) is 4.50. The molecule has 0 saturated heterocycles. The maximum atomic E-state index is 12.7. The summed E-state index contributed by atoms with van der Waals surface area (Å²) in [5, 5.41) is 2.91. The SMILES string of the molecule is CC(C)c1ccccc1-c1ncc2[nH]c(=O)n(Cc3ccc(C(=O)NCCN(C)C)cc3)c2n1. The van der Waals surface area contributed by atoms with Crippen LogP contribution >= 0.6 is 0 Å². The van der Waals surface area contributed by atoms with Crippen molar-refractivity contribution in [3.8, 4) is 11.4 Å². The van der Waals surface area contributed by atoms with E-state index in [9.17, 15) is 9.59 Å². The van der Waals surface area contributed by atoms with Crippen molar-refractivity contribution in [2.75, 3.05) is 27.2 Å². The molecule has 1 amide bonds. The number of aromatic nitrogens is 4. The molecule has 0 bridgehead atoms. The number of carbonyl (C=O) groups excluding carboxylic acids is 1. The Morgan fingerprint density at radius 3 is 2.56 bits per heavy atom. The van der Waals surface area contributed by atoms with Gasteiger partial charge in [0.1, 0.15) is 5.52 Å². The maximum Gasteiger partial charge on any atom is 0.328 e. The van der Waals surface area contributed by atoms with E-state index in [0.717, 1.165) is 23.2 Å². The molecule has 4 aromatic rings. The zero-order valence-corrected chi connectivity index (χ0v) is 20.0. The van der Waals surface area contributed by atoms with Gasteiger partial charge in [0, 0.05) is 24.2 Å². The number of hydrogen-bond acceptors (Lipinski definition) is 5. The van der Waals surface area contributed by atoms with Crippen molar-refractivity contribution in [1.82, 2.24) is 29.7 Å². The number of H-pyrrole nitrogens is 1. The van der Waals surface area contributed by atoms with Crippen LogP contribution in [0.2, 0.25) is 0 Å². The molecule has 0 aliphatic carbocycles. The van der Waals surface area contributed by atoms with E-state index >= 15 is 0 Å². The molecule has 34 heavy (non-hydrogen) atoms. The van der Waals surface area contributed by atoms with E-state index < -0.39 is 0 Å². The third-order valence-electron chi connectivity index (χ3n) is 5.74. The summed E-state index contributed by atoms with van der Waals surface area (Å²) in [7, 11) is 3.93. The number of amides is 1. The van der Waals surface area contributed by atoms with Gasteiger partial charge < -0.3 is 15.2 Å². The second-order valence-corrected chi connectivity index (χ2v) is 8.95. The summed E-state index contributed by atoms with van der Waals surface area (Å²) in [6, 6.07) is 15.3. The lowest BCUT2D eigenvalue weighted by atomic mass is 9.97. The molecule has 0 radical (unpaired) electrons. The van der Waals surface area contributed by atoms with Crippen LogP contribution in [0.3, 0.4) is 0 Å². The van der Waals surface area contributed by atoms with Crippen molar-refractivity contribution in [2.45, 2.75) is 26.3 Å². The van der Waals surface area contributed by atoms with E-state index in [-0.39, 0.29) is 11.6 Å². The largest absolute Gasteiger partial charge is 0.351 e. The van der Waals surface area contributed by atoms with Crippen LogP contribution in [0.5, 0.6) is 0 Å². The first kappa shape index (κ1) is 23.4. The molecule has 2 heterocycles. The van der Waals surface area contributed by atoms with Crippen molar-refractivity contribution in [1.29, 1.82) is 0 Å². The lowest BCUT2D eigenvalue weighted by molar-refractivity contribution is 0.0951. The number of rotatable bonds is 8. The topological polar surface area (TPSA) is 95.9 Å². The zero-order chi connectivity index (χ0) is 24.2. The molecule has 0 aliphatic rings. The lowest BCUT2D eigenvalue weighted by Crippen LogP contribution is -2.31. The standard InChI is InChI=1S/C26H30N6O2/c1-17(2)20-7-5-6-8-21(20)23-28-15-22-24(30-23)32(26(34)29-22)16-18-9-11-19(12-10-18)25(33)27-13-14-31(3)4/h5-12,15,17H,13-14,16H2,1-4H3,(H,27,33)(H,29,34). The van der Waals surface area contributed by atoms with E-state index in [2.05, 4.69) is 35.2 Å². The molecule has 0 atom stereocenters. The third-order valence-corrected chi connectivity index (χ3v) is 5.74. The fourth-order valence-electron chi connectivity index (χ4n) is 3.87. The highest BCUT2D eigenvalue weighted by molar-refractivity contribution is 5.94. The van der Waals surface area contributed by atoms with Gasteiger partial charge in [-0.05, 0) is 43.3 Å². The second kappa shape index (κ2) is 10.0. The van der Waals surface area contributed by atoms with Crippen LogP contribution < -0.4 is 11.0 Å². The molecule has 0 unspecified atom stereocenters. The summed E-state index contributed by atoms with van der Waals surface area (Å²) in [6.45, 7) is 5.97. The maximum absolute atomic E-state index is 12.7. The van der Waals surface area contributed by atoms with Gasteiger partial charge in [-0.15, -0.1) is 0 Å².